The second-order valence-corrected chi connectivity index (χ2v) is 13.1. The highest BCUT2D eigenvalue weighted by Crippen LogP contribution is 2.35. The summed E-state index contributed by atoms with van der Waals surface area (Å²) in [5.74, 6) is -0.960. The molecule has 0 saturated heterocycles. The van der Waals surface area contributed by atoms with Gasteiger partial charge in [0.05, 0.1) is 6.04 Å². The molecule has 6 nitrogen and oxygen atoms in total. The van der Waals surface area contributed by atoms with Crippen LogP contribution in [0.5, 0.6) is 5.75 Å². The summed E-state index contributed by atoms with van der Waals surface area (Å²) in [6, 6.07) is 18.6. The summed E-state index contributed by atoms with van der Waals surface area (Å²) in [6.45, 7) is 10.0. The lowest BCUT2D eigenvalue weighted by molar-refractivity contribution is -0.152. The number of halogens is 1. The Morgan fingerprint density at radius 3 is 2.44 bits per heavy atom. The van der Waals surface area contributed by atoms with Gasteiger partial charge in [-0.25, -0.2) is 9.18 Å². The summed E-state index contributed by atoms with van der Waals surface area (Å²) < 4.78 is 22.7. The molecule has 45 heavy (non-hydrogen) atoms. The fourth-order valence-corrected chi connectivity index (χ4v) is 6.12. The lowest BCUT2D eigenvalue weighted by Crippen LogP contribution is -2.37. The molecule has 0 unspecified atom stereocenters. The molecule has 0 bridgehead atoms. The molecule has 1 aromatic heterocycles. The van der Waals surface area contributed by atoms with Crippen LogP contribution in [0, 0.1) is 18.7 Å². The highest BCUT2D eigenvalue weighted by molar-refractivity contribution is 5.99. The van der Waals surface area contributed by atoms with Gasteiger partial charge in [-0.1, -0.05) is 50.1 Å². The Bertz CT molecular complexity index is 1680. The number of aromatic nitrogens is 1. The third kappa shape index (κ3) is 7.41. The number of fused-ring (bicyclic) bond motifs is 1. The van der Waals surface area contributed by atoms with Crippen molar-refractivity contribution in [3.05, 3.63) is 100.0 Å². The van der Waals surface area contributed by atoms with E-state index in [0.29, 0.717) is 23.5 Å². The van der Waals surface area contributed by atoms with E-state index in [-0.39, 0.29) is 17.7 Å². The average Bonchev–Trinajstić information content (AvgIpc) is 3.22. The number of rotatable bonds is 13. The van der Waals surface area contributed by atoms with E-state index in [1.807, 2.05) is 25.1 Å². The van der Waals surface area contributed by atoms with Crippen LogP contribution in [0.3, 0.4) is 0 Å². The number of nitrogens with one attached hydrogen (secondary N) is 1. The van der Waals surface area contributed by atoms with Crippen LogP contribution >= 0.6 is 0 Å². The van der Waals surface area contributed by atoms with E-state index in [1.54, 1.807) is 6.07 Å². The van der Waals surface area contributed by atoms with Gasteiger partial charge in [-0.15, -0.1) is 0 Å². The highest BCUT2D eigenvalue weighted by Gasteiger charge is 2.30. The second kappa shape index (κ2) is 13.5. The molecule has 0 aliphatic heterocycles. The molecule has 2 N–H and O–H groups in total. The summed E-state index contributed by atoms with van der Waals surface area (Å²) in [5.41, 5.74) is 5.32. The quantitative estimate of drug-likeness (QED) is 0.159. The predicted octanol–water partition coefficient (Wildman–Crippen LogP) is 8.56. The Morgan fingerprint density at radius 2 is 1.80 bits per heavy atom. The third-order valence-corrected chi connectivity index (χ3v) is 9.23. The molecule has 1 aliphatic rings. The van der Waals surface area contributed by atoms with Gasteiger partial charge in [0, 0.05) is 41.2 Å². The largest absolute Gasteiger partial charge is 0.478 e. The van der Waals surface area contributed by atoms with Crippen molar-refractivity contribution in [3.63, 3.8) is 0 Å². The monoisotopic (exact) mass is 612 g/mol. The van der Waals surface area contributed by atoms with Crippen LogP contribution in [0.4, 0.5) is 4.39 Å². The van der Waals surface area contributed by atoms with Crippen molar-refractivity contribution in [3.8, 4) is 5.75 Å². The van der Waals surface area contributed by atoms with Gasteiger partial charge in [0.1, 0.15) is 11.6 Å². The molecule has 0 spiro atoms. The van der Waals surface area contributed by atoms with E-state index >= 15 is 0 Å². The van der Waals surface area contributed by atoms with Crippen LogP contribution in [0.15, 0.2) is 60.7 Å². The van der Waals surface area contributed by atoms with Gasteiger partial charge >= 0.3 is 5.97 Å². The van der Waals surface area contributed by atoms with Gasteiger partial charge in [0.15, 0.2) is 5.60 Å². The van der Waals surface area contributed by atoms with Gasteiger partial charge in [-0.05, 0) is 106 Å². The van der Waals surface area contributed by atoms with Crippen LogP contribution in [-0.2, 0) is 24.2 Å². The number of aryl methyl sites for hydroxylation is 1. The standard InChI is InChI=1S/C38H45FN2O4/c1-6-7-9-26-12-14-29(15-13-26)24(2)40-36(42)30-16-17-33-34(25(3)41(35(33)21-30)23-27-10-8-11-27)20-28-18-31(39)22-32(19-28)45-38(4,5)37(43)44/h12-19,21-22,24,27H,6-11,20,23H2,1-5H3,(H,40,42)(H,43,44)/t24-/m0/s1. The van der Waals surface area contributed by atoms with Crippen molar-refractivity contribution in [2.45, 2.75) is 97.8 Å². The summed E-state index contributed by atoms with van der Waals surface area (Å²) in [7, 11) is 0. The van der Waals surface area contributed by atoms with Crippen molar-refractivity contribution >= 4 is 22.8 Å². The maximum absolute atomic E-state index is 14.7. The topological polar surface area (TPSA) is 80.6 Å². The number of carboxylic acids is 1. The number of benzene rings is 3. The van der Waals surface area contributed by atoms with E-state index in [2.05, 4.69) is 48.0 Å². The Balaban J connectivity index is 1.42. The molecule has 3 aromatic carbocycles. The number of hydrogen-bond donors (Lipinski definition) is 2. The number of ether oxygens (including phenoxy) is 1. The molecule has 1 saturated carbocycles. The number of carboxylic acid groups (broad SMARTS) is 1. The van der Waals surface area contributed by atoms with E-state index in [9.17, 15) is 19.1 Å². The van der Waals surface area contributed by atoms with Gasteiger partial charge in [-0.2, -0.15) is 0 Å². The predicted molar refractivity (Wildman–Crippen MR) is 176 cm³/mol. The maximum Gasteiger partial charge on any atom is 0.347 e. The first-order valence-electron chi connectivity index (χ1n) is 16.2. The van der Waals surface area contributed by atoms with E-state index < -0.39 is 17.4 Å². The fourth-order valence-electron chi connectivity index (χ4n) is 6.12. The second-order valence-electron chi connectivity index (χ2n) is 13.1. The van der Waals surface area contributed by atoms with E-state index in [0.717, 1.165) is 47.1 Å². The number of nitrogens with zero attached hydrogens (tertiary/aromatic N) is 1. The molecule has 1 amide bonds. The van der Waals surface area contributed by atoms with Crippen molar-refractivity contribution in [1.29, 1.82) is 0 Å². The summed E-state index contributed by atoms with van der Waals surface area (Å²) >= 11 is 0. The minimum atomic E-state index is -1.49. The minimum absolute atomic E-state index is 0.122. The van der Waals surface area contributed by atoms with Crippen LogP contribution in [0.25, 0.3) is 10.9 Å². The van der Waals surface area contributed by atoms with Gasteiger partial charge < -0.3 is 19.7 Å². The zero-order valence-electron chi connectivity index (χ0n) is 27.1. The van der Waals surface area contributed by atoms with Gasteiger partial charge in [0.25, 0.3) is 5.91 Å². The van der Waals surface area contributed by atoms with E-state index in [1.165, 1.54) is 57.2 Å². The number of hydrogen-bond acceptors (Lipinski definition) is 3. The molecule has 1 fully saturated rings. The van der Waals surface area contributed by atoms with Crippen molar-refractivity contribution in [2.75, 3.05) is 0 Å². The number of unbranched alkanes of at least 4 members (excludes halogenated alkanes) is 1. The molecular weight excluding hydrogens is 567 g/mol. The Morgan fingerprint density at radius 1 is 1.07 bits per heavy atom. The first kappa shape index (κ1) is 32.3. The normalized spacial score (nSPS) is 14.3. The van der Waals surface area contributed by atoms with E-state index in [4.69, 9.17) is 4.74 Å². The first-order chi connectivity index (χ1) is 21.4. The van der Waals surface area contributed by atoms with Crippen molar-refractivity contribution in [1.82, 2.24) is 9.88 Å². The molecule has 1 heterocycles. The molecule has 4 aromatic rings. The van der Waals surface area contributed by atoms with Gasteiger partial charge in [0.2, 0.25) is 0 Å². The summed E-state index contributed by atoms with van der Waals surface area (Å²) in [5, 5.41) is 13.7. The lowest BCUT2D eigenvalue weighted by atomic mass is 9.85. The molecule has 1 atom stereocenters. The number of amides is 1. The molecule has 1 aliphatic carbocycles. The SMILES string of the molecule is CCCCc1ccc([C@H](C)NC(=O)c2ccc3c(Cc4cc(F)cc(OC(C)(C)C(=O)O)c4)c(C)n(CC4CCC4)c3c2)cc1. The van der Waals surface area contributed by atoms with Crippen molar-refractivity contribution in [2.24, 2.45) is 5.92 Å². The van der Waals surface area contributed by atoms with Crippen LogP contribution in [-0.4, -0.2) is 27.2 Å². The zero-order valence-corrected chi connectivity index (χ0v) is 27.1. The first-order valence-corrected chi connectivity index (χ1v) is 16.2. The smallest absolute Gasteiger partial charge is 0.347 e. The molecule has 0 radical (unpaired) electrons. The molecule has 7 heteroatoms. The van der Waals surface area contributed by atoms with Crippen LogP contribution < -0.4 is 10.1 Å². The number of carbonyl (C=O) groups excluding carboxylic acids is 1. The van der Waals surface area contributed by atoms with Crippen LogP contribution in [0.2, 0.25) is 0 Å². The summed E-state index contributed by atoms with van der Waals surface area (Å²) in [4.78, 5) is 25.1. The number of carbonyl (C=O) groups is 2. The third-order valence-electron chi connectivity index (χ3n) is 9.23. The van der Waals surface area contributed by atoms with Crippen LogP contribution in [0.1, 0.15) is 104 Å². The fraction of sp³-hybridized carbons (Fsp3) is 0.421. The highest BCUT2D eigenvalue weighted by atomic mass is 19.1. The number of aliphatic carboxylic acids is 1. The zero-order chi connectivity index (χ0) is 32.3. The molecule has 238 valence electrons. The Hall–Kier alpha value is -4.13. The minimum Gasteiger partial charge on any atom is -0.478 e. The average molecular weight is 613 g/mol. The maximum atomic E-state index is 14.7. The van der Waals surface area contributed by atoms with Gasteiger partial charge in [-0.3, -0.25) is 4.79 Å². The Labute approximate surface area is 265 Å². The molecule has 5 rings (SSSR count). The lowest BCUT2D eigenvalue weighted by Gasteiger charge is -2.27. The summed E-state index contributed by atoms with van der Waals surface area (Å²) in [6.07, 6.45) is 7.45. The van der Waals surface area contributed by atoms with Crippen molar-refractivity contribution < 1.29 is 23.8 Å². The molecular formula is C38H45FN2O4. The Kier molecular flexibility index (Phi) is 9.66.